The molecule has 4 nitrogen and oxygen atoms in total. The Hall–Kier alpha value is -2.51. The predicted octanol–water partition coefficient (Wildman–Crippen LogP) is 8.43. The van der Waals surface area contributed by atoms with Gasteiger partial charge in [-0.3, -0.25) is 14.5 Å². The Morgan fingerprint density at radius 3 is 2.56 bits per heavy atom. The third-order valence-corrected chi connectivity index (χ3v) is 8.07. The molecule has 0 unspecified atom stereocenters. The standard InChI is InChI=1S/C28H21BrCl2N2O2S/c29-21-9-11-25-23(14-21)20(17-32(25)16-19-8-10-22(30)15-24(19)31)13-26-27(34)33(28(35)36-26)12-4-7-18-5-2-1-3-6-18/h1-3,5-6,8-11,13-15,17H,4,7,12,16H2/b26-13-. The molecule has 36 heavy (non-hydrogen) atoms. The van der Waals surface area contributed by atoms with E-state index in [-0.39, 0.29) is 11.1 Å². The van der Waals surface area contributed by atoms with E-state index in [0.29, 0.717) is 28.0 Å². The molecule has 3 aromatic carbocycles. The molecule has 1 aliphatic heterocycles. The van der Waals surface area contributed by atoms with Crippen molar-refractivity contribution >= 4 is 79.0 Å². The number of hydrogen-bond donors (Lipinski definition) is 0. The Balaban J connectivity index is 1.40. The van der Waals surface area contributed by atoms with Crippen molar-refractivity contribution in [3.05, 3.63) is 109 Å². The molecule has 182 valence electrons. The van der Waals surface area contributed by atoms with Crippen LogP contribution in [0.15, 0.2) is 82.3 Å². The summed E-state index contributed by atoms with van der Waals surface area (Å²) in [5.41, 5.74) is 3.99. The number of carbonyl (C=O) groups excluding carboxylic acids is 2. The number of fused-ring (bicyclic) bond motifs is 1. The molecule has 1 saturated heterocycles. The van der Waals surface area contributed by atoms with Gasteiger partial charge in [-0.2, -0.15) is 0 Å². The predicted molar refractivity (Wildman–Crippen MR) is 153 cm³/mol. The number of aromatic nitrogens is 1. The molecule has 1 fully saturated rings. The number of thioether (sulfide) groups is 1. The highest BCUT2D eigenvalue weighted by Crippen LogP contribution is 2.35. The molecule has 0 atom stereocenters. The topological polar surface area (TPSA) is 42.3 Å². The van der Waals surface area contributed by atoms with E-state index in [2.05, 4.69) is 32.6 Å². The van der Waals surface area contributed by atoms with Gasteiger partial charge in [0.1, 0.15) is 0 Å². The largest absolute Gasteiger partial charge is 0.342 e. The zero-order valence-electron chi connectivity index (χ0n) is 19.1. The number of carbonyl (C=O) groups is 2. The second kappa shape index (κ2) is 10.9. The van der Waals surface area contributed by atoms with Gasteiger partial charge in [-0.05, 0) is 72.1 Å². The fourth-order valence-corrected chi connectivity index (χ4v) is 5.98. The average Bonchev–Trinajstić information content (AvgIpc) is 3.32. The molecule has 0 spiro atoms. The molecule has 1 aliphatic rings. The van der Waals surface area contributed by atoms with Crippen LogP contribution in [-0.4, -0.2) is 27.2 Å². The van der Waals surface area contributed by atoms with Crippen LogP contribution >= 0.6 is 50.9 Å². The van der Waals surface area contributed by atoms with E-state index >= 15 is 0 Å². The Bertz CT molecular complexity index is 1500. The van der Waals surface area contributed by atoms with Gasteiger partial charge in [-0.15, -0.1) is 0 Å². The number of aryl methyl sites for hydroxylation is 1. The van der Waals surface area contributed by atoms with Crippen LogP contribution in [-0.2, 0) is 17.8 Å². The molecule has 4 aromatic rings. The van der Waals surface area contributed by atoms with Gasteiger partial charge in [-0.1, -0.05) is 75.5 Å². The smallest absolute Gasteiger partial charge is 0.293 e. The summed E-state index contributed by atoms with van der Waals surface area (Å²) < 4.78 is 3.02. The Morgan fingerprint density at radius 1 is 0.972 bits per heavy atom. The zero-order valence-corrected chi connectivity index (χ0v) is 23.0. The maximum Gasteiger partial charge on any atom is 0.293 e. The van der Waals surface area contributed by atoms with Gasteiger partial charge in [0.15, 0.2) is 0 Å². The number of benzene rings is 3. The van der Waals surface area contributed by atoms with Gasteiger partial charge >= 0.3 is 0 Å². The Labute approximate surface area is 232 Å². The van der Waals surface area contributed by atoms with E-state index < -0.39 is 0 Å². The molecule has 8 heteroatoms. The molecule has 0 saturated carbocycles. The molecule has 5 rings (SSSR count). The van der Waals surface area contributed by atoms with Gasteiger partial charge in [0, 0.05) is 50.3 Å². The summed E-state index contributed by atoms with van der Waals surface area (Å²) in [6.07, 6.45) is 5.35. The number of hydrogen-bond acceptors (Lipinski definition) is 3. The van der Waals surface area contributed by atoms with Crippen LogP contribution in [0.1, 0.15) is 23.1 Å². The maximum atomic E-state index is 13.1. The minimum absolute atomic E-state index is 0.225. The molecular formula is C28H21BrCl2N2O2S. The summed E-state index contributed by atoms with van der Waals surface area (Å²) >= 11 is 17.0. The number of imide groups is 1. The number of nitrogens with zero attached hydrogens (tertiary/aromatic N) is 2. The lowest BCUT2D eigenvalue weighted by molar-refractivity contribution is -0.122. The van der Waals surface area contributed by atoms with E-state index in [1.807, 2.05) is 60.8 Å². The minimum Gasteiger partial charge on any atom is -0.342 e. The van der Waals surface area contributed by atoms with Crippen molar-refractivity contribution in [3.8, 4) is 0 Å². The maximum absolute atomic E-state index is 13.1. The number of halogens is 3. The van der Waals surface area contributed by atoms with Crippen molar-refractivity contribution in [2.24, 2.45) is 0 Å². The number of amides is 2. The summed E-state index contributed by atoms with van der Waals surface area (Å²) in [6.45, 7) is 0.947. The van der Waals surface area contributed by atoms with Crippen molar-refractivity contribution in [3.63, 3.8) is 0 Å². The second-order valence-electron chi connectivity index (χ2n) is 8.53. The second-order valence-corrected chi connectivity index (χ2v) is 11.3. The molecule has 1 aromatic heterocycles. The first-order valence-electron chi connectivity index (χ1n) is 11.4. The average molecular weight is 600 g/mol. The van der Waals surface area contributed by atoms with Gasteiger partial charge in [-0.25, -0.2) is 0 Å². The third kappa shape index (κ3) is 5.42. The molecule has 2 heterocycles. The van der Waals surface area contributed by atoms with Gasteiger partial charge in [0.05, 0.1) is 4.91 Å². The highest BCUT2D eigenvalue weighted by Gasteiger charge is 2.34. The highest BCUT2D eigenvalue weighted by molar-refractivity contribution is 9.10. The monoisotopic (exact) mass is 598 g/mol. The van der Waals surface area contributed by atoms with E-state index in [9.17, 15) is 9.59 Å². The third-order valence-electron chi connectivity index (χ3n) is 6.08. The first-order chi connectivity index (χ1) is 17.4. The molecule has 0 aliphatic carbocycles. The fraction of sp³-hybridized carbons (Fsp3) is 0.143. The van der Waals surface area contributed by atoms with Gasteiger partial charge in [0.25, 0.3) is 11.1 Å². The van der Waals surface area contributed by atoms with E-state index in [1.165, 1.54) is 10.5 Å². The van der Waals surface area contributed by atoms with Crippen molar-refractivity contribution in [2.45, 2.75) is 19.4 Å². The molecule has 0 bridgehead atoms. The van der Waals surface area contributed by atoms with Crippen molar-refractivity contribution in [1.82, 2.24) is 9.47 Å². The summed E-state index contributed by atoms with van der Waals surface area (Å²) in [5.74, 6) is -0.241. The summed E-state index contributed by atoms with van der Waals surface area (Å²) in [5, 5.41) is 1.94. The van der Waals surface area contributed by atoms with E-state index in [4.69, 9.17) is 23.2 Å². The lowest BCUT2D eigenvalue weighted by Gasteiger charge is -2.12. The summed E-state index contributed by atoms with van der Waals surface area (Å²) in [4.78, 5) is 27.5. The fourth-order valence-electron chi connectivity index (χ4n) is 4.30. The van der Waals surface area contributed by atoms with Crippen molar-refractivity contribution in [2.75, 3.05) is 6.54 Å². The Morgan fingerprint density at radius 2 is 1.78 bits per heavy atom. The zero-order chi connectivity index (χ0) is 25.2. The van der Waals surface area contributed by atoms with Crippen molar-refractivity contribution in [1.29, 1.82) is 0 Å². The van der Waals surface area contributed by atoms with Gasteiger partial charge in [0.2, 0.25) is 0 Å². The lowest BCUT2D eigenvalue weighted by atomic mass is 10.1. The van der Waals surface area contributed by atoms with Crippen LogP contribution in [0.5, 0.6) is 0 Å². The van der Waals surface area contributed by atoms with Crippen LogP contribution in [0, 0.1) is 0 Å². The van der Waals surface area contributed by atoms with Crippen LogP contribution < -0.4 is 0 Å². The van der Waals surface area contributed by atoms with Crippen molar-refractivity contribution < 1.29 is 9.59 Å². The van der Waals surface area contributed by atoms with E-state index in [0.717, 1.165) is 51.1 Å². The Kier molecular flexibility index (Phi) is 7.58. The van der Waals surface area contributed by atoms with Crippen LogP contribution in [0.25, 0.3) is 17.0 Å². The normalized spacial score (nSPS) is 15.0. The molecule has 0 radical (unpaired) electrons. The van der Waals surface area contributed by atoms with Crippen LogP contribution in [0.2, 0.25) is 10.0 Å². The first kappa shape index (κ1) is 25.2. The summed E-state index contributed by atoms with van der Waals surface area (Å²) in [7, 11) is 0. The first-order valence-corrected chi connectivity index (χ1v) is 13.8. The SMILES string of the molecule is O=C1S/C(=C\c2cn(Cc3ccc(Cl)cc3Cl)c3ccc(Br)cc23)C(=O)N1CCCc1ccccc1. The van der Waals surface area contributed by atoms with E-state index in [1.54, 1.807) is 6.07 Å². The molecular weight excluding hydrogens is 579 g/mol. The van der Waals surface area contributed by atoms with Crippen LogP contribution in [0.4, 0.5) is 4.79 Å². The molecule has 2 amide bonds. The number of rotatable bonds is 7. The lowest BCUT2D eigenvalue weighted by Crippen LogP contribution is -2.29. The highest BCUT2D eigenvalue weighted by atomic mass is 79.9. The quantitative estimate of drug-likeness (QED) is 0.200. The summed E-state index contributed by atoms with van der Waals surface area (Å²) in [6, 6.07) is 21.6. The minimum atomic E-state index is -0.241. The molecule has 0 N–H and O–H groups in total. The van der Waals surface area contributed by atoms with Crippen LogP contribution in [0.3, 0.4) is 0 Å². The van der Waals surface area contributed by atoms with Gasteiger partial charge < -0.3 is 4.57 Å².